The fourth-order valence-electron chi connectivity index (χ4n) is 1.72. The molecule has 0 saturated heterocycles. The highest BCUT2D eigenvalue weighted by atomic mass is 16.3. The van der Waals surface area contributed by atoms with Crippen LogP contribution in [0.25, 0.3) is 11.1 Å². The van der Waals surface area contributed by atoms with Gasteiger partial charge in [0.25, 0.3) is 0 Å². The second-order valence-electron chi connectivity index (χ2n) is 3.94. The van der Waals surface area contributed by atoms with E-state index in [4.69, 9.17) is 4.42 Å². The molecule has 2 aromatic rings. The van der Waals surface area contributed by atoms with E-state index in [0.29, 0.717) is 0 Å². The molecule has 1 aromatic heterocycles. The summed E-state index contributed by atoms with van der Waals surface area (Å²) in [5, 5.41) is 3.30. The van der Waals surface area contributed by atoms with E-state index in [2.05, 4.69) is 36.3 Å². The Morgan fingerprint density at radius 1 is 1.31 bits per heavy atom. The maximum absolute atomic E-state index is 5.69. The van der Waals surface area contributed by atoms with Gasteiger partial charge in [-0.1, -0.05) is 19.9 Å². The van der Waals surface area contributed by atoms with Crippen LogP contribution < -0.4 is 5.32 Å². The number of aromatic nitrogens is 1. The number of aryl methyl sites for hydroxylation is 1. The molecule has 2 rings (SSSR count). The van der Waals surface area contributed by atoms with Crippen LogP contribution in [-0.2, 0) is 13.0 Å². The zero-order valence-electron chi connectivity index (χ0n) is 9.92. The zero-order valence-corrected chi connectivity index (χ0v) is 9.92. The minimum Gasteiger partial charge on any atom is -0.441 e. The molecule has 0 radical (unpaired) electrons. The summed E-state index contributed by atoms with van der Waals surface area (Å²) in [6, 6.07) is 6.21. The van der Waals surface area contributed by atoms with Gasteiger partial charge in [-0.05, 0) is 30.7 Å². The molecule has 0 fully saturated rings. The van der Waals surface area contributed by atoms with Gasteiger partial charge in [0.2, 0.25) is 0 Å². The van der Waals surface area contributed by atoms with E-state index >= 15 is 0 Å². The van der Waals surface area contributed by atoms with Crippen molar-refractivity contribution in [3.8, 4) is 0 Å². The van der Waals surface area contributed by atoms with Crippen LogP contribution in [0.1, 0.15) is 31.7 Å². The standard InChI is InChI=1S/C13H18N2O/c1-3-5-13-15-11-7-6-10(9-14-4-2)8-12(11)16-13/h6-8,14H,3-5,9H2,1-2H3. The van der Waals surface area contributed by atoms with Crippen LogP contribution in [0.15, 0.2) is 22.6 Å². The van der Waals surface area contributed by atoms with Gasteiger partial charge in [-0.25, -0.2) is 4.98 Å². The van der Waals surface area contributed by atoms with Crippen LogP contribution in [0.5, 0.6) is 0 Å². The van der Waals surface area contributed by atoms with Crippen molar-refractivity contribution >= 4 is 11.1 Å². The summed E-state index contributed by atoms with van der Waals surface area (Å²) in [6.07, 6.45) is 1.98. The Morgan fingerprint density at radius 3 is 2.94 bits per heavy atom. The smallest absolute Gasteiger partial charge is 0.195 e. The second-order valence-corrected chi connectivity index (χ2v) is 3.94. The first kappa shape index (κ1) is 11.1. The fourth-order valence-corrected chi connectivity index (χ4v) is 1.72. The molecule has 0 bridgehead atoms. The molecule has 0 aliphatic heterocycles. The average Bonchev–Trinajstić information content (AvgIpc) is 2.68. The SMILES string of the molecule is CCCc1nc2ccc(CNCC)cc2o1. The molecule has 0 amide bonds. The number of oxazole rings is 1. The van der Waals surface area contributed by atoms with Crippen molar-refractivity contribution in [2.24, 2.45) is 0 Å². The number of nitrogens with one attached hydrogen (secondary N) is 1. The van der Waals surface area contributed by atoms with Gasteiger partial charge in [-0.2, -0.15) is 0 Å². The highest BCUT2D eigenvalue weighted by molar-refractivity contribution is 5.73. The summed E-state index contributed by atoms with van der Waals surface area (Å²) in [5.74, 6) is 0.845. The van der Waals surface area contributed by atoms with Crippen molar-refractivity contribution in [2.75, 3.05) is 6.54 Å². The van der Waals surface area contributed by atoms with Crippen molar-refractivity contribution in [1.29, 1.82) is 0 Å². The molecule has 86 valence electrons. The molecule has 3 nitrogen and oxygen atoms in total. The summed E-state index contributed by atoms with van der Waals surface area (Å²) in [6.45, 7) is 6.10. The van der Waals surface area contributed by atoms with E-state index in [1.165, 1.54) is 5.56 Å². The normalized spacial score (nSPS) is 11.1. The van der Waals surface area contributed by atoms with Crippen LogP contribution in [0.3, 0.4) is 0 Å². The summed E-state index contributed by atoms with van der Waals surface area (Å²) < 4.78 is 5.69. The first-order chi connectivity index (χ1) is 7.83. The predicted molar refractivity (Wildman–Crippen MR) is 65.4 cm³/mol. The summed E-state index contributed by atoms with van der Waals surface area (Å²) >= 11 is 0. The lowest BCUT2D eigenvalue weighted by molar-refractivity contribution is 0.525. The molecule has 0 atom stereocenters. The monoisotopic (exact) mass is 218 g/mol. The Kier molecular flexibility index (Phi) is 3.57. The van der Waals surface area contributed by atoms with Crippen LogP contribution in [0, 0.1) is 0 Å². The average molecular weight is 218 g/mol. The summed E-state index contributed by atoms with van der Waals surface area (Å²) in [5.41, 5.74) is 3.11. The lowest BCUT2D eigenvalue weighted by atomic mass is 10.2. The lowest BCUT2D eigenvalue weighted by Crippen LogP contribution is -2.11. The van der Waals surface area contributed by atoms with E-state index in [-0.39, 0.29) is 0 Å². The number of nitrogens with zero attached hydrogens (tertiary/aromatic N) is 1. The van der Waals surface area contributed by atoms with Crippen LogP contribution in [0.4, 0.5) is 0 Å². The van der Waals surface area contributed by atoms with Gasteiger partial charge in [0.15, 0.2) is 11.5 Å². The molecule has 3 heteroatoms. The van der Waals surface area contributed by atoms with Gasteiger partial charge < -0.3 is 9.73 Å². The zero-order chi connectivity index (χ0) is 11.4. The number of hydrogen-bond acceptors (Lipinski definition) is 3. The third-order valence-electron chi connectivity index (χ3n) is 2.54. The molecular formula is C13H18N2O. The van der Waals surface area contributed by atoms with Crippen molar-refractivity contribution in [3.05, 3.63) is 29.7 Å². The summed E-state index contributed by atoms with van der Waals surface area (Å²) in [7, 11) is 0. The highest BCUT2D eigenvalue weighted by Gasteiger charge is 2.05. The quantitative estimate of drug-likeness (QED) is 0.838. The number of benzene rings is 1. The Labute approximate surface area is 95.9 Å². The molecule has 0 aliphatic carbocycles. The minimum absolute atomic E-state index is 0.845. The largest absolute Gasteiger partial charge is 0.441 e. The molecule has 1 N–H and O–H groups in total. The van der Waals surface area contributed by atoms with Crippen LogP contribution >= 0.6 is 0 Å². The maximum Gasteiger partial charge on any atom is 0.195 e. The van der Waals surface area contributed by atoms with Crippen molar-refractivity contribution < 1.29 is 4.42 Å². The van der Waals surface area contributed by atoms with Gasteiger partial charge in [-0.15, -0.1) is 0 Å². The van der Waals surface area contributed by atoms with Crippen molar-refractivity contribution in [2.45, 2.75) is 33.2 Å². The number of hydrogen-bond donors (Lipinski definition) is 1. The maximum atomic E-state index is 5.69. The van der Waals surface area contributed by atoms with Gasteiger partial charge >= 0.3 is 0 Å². The van der Waals surface area contributed by atoms with E-state index in [0.717, 1.165) is 42.9 Å². The number of rotatable bonds is 5. The fraction of sp³-hybridized carbons (Fsp3) is 0.462. The molecule has 0 spiro atoms. The summed E-state index contributed by atoms with van der Waals surface area (Å²) in [4.78, 5) is 4.44. The molecule has 1 aromatic carbocycles. The lowest BCUT2D eigenvalue weighted by Gasteiger charge is -2.00. The molecule has 0 aliphatic rings. The van der Waals surface area contributed by atoms with E-state index in [1.54, 1.807) is 0 Å². The van der Waals surface area contributed by atoms with Crippen LogP contribution in [0.2, 0.25) is 0 Å². The van der Waals surface area contributed by atoms with Gasteiger partial charge in [-0.3, -0.25) is 0 Å². The molecule has 1 heterocycles. The molecule has 16 heavy (non-hydrogen) atoms. The Bertz CT molecular complexity index is 462. The number of fused-ring (bicyclic) bond motifs is 1. The topological polar surface area (TPSA) is 38.1 Å². The Balaban J connectivity index is 2.23. The van der Waals surface area contributed by atoms with E-state index in [9.17, 15) is 0 Å². The Hall–Kier alpha value is -1.35. The third kappa shape index (κ3) is 2.42. The molecule has 0 unspecified atom stereocenters. The molecular weight excluding hydrogens is 200 g/mol. The van der Waals surface area contributed by atoms with Gasteiger partial charge in [0.1, 0.15) is 5.52 Å². The second kappa shape index (κ2) is 5.12. The predicted octanol–water partition coefficient (Wildman–Crippen LogP) is 2.89. The highest BCUT2D eigenvalue weighted by Crippen LogP contribution is 2.18. The Morgan fingerprint density at radius 2 is 2.19 bits per heavy atom. The van der Waals surface area contributed by atoms with Gasteiger partial charge in [0.05, 0.1) is 0 Å². The van der Waals surface area contributed by atoms with E-state index in [1.807, 2.05) is 6.07 Å². The van der Waals surface area contributed by atoms with Crippen LogP contribution in [-0.4, -0.2) is 11.5 Å². The first-order valence-corrected chi connectivity index (χ1v) is 5.92. The minimum atomic E-state index is 0.845. The van der Waals surface area contributed by atoms with Crippen molar-refractivity contribution in [3.63, 3.8) is 0 Å². The third-order valence-corrected chi connectivity index (χ3v) is 2.54. The van der Waals surface area contributed by atoms with Crippen molar-refractivity contribution in [1.82, 2.24) is 10.3 Å². The van der Waals surface area contributed by atoms with E-state index < -0.39 is 0 Å². The first-order valence-electron chi connectivity index (χ1n) is 5.92. The molecule has 0 saturated carbocycles. The van der Waals surface area contributed by atoms with Gasteiger partial charge in [0, 0.05) is 13.0 Å².